The fourth-order valence-electron chi connectivity index (χ4n) is 1.69. The van der Waals surface area contributed by atoms with E-state index in [1.165, 1.54) is 18.4 Å². The van der Waals surface area contributed by atoms with Gasteiger partial charge in [0.05, 0.1) is 10.6 Å². The topological polar surface area (TPSA) is 97.5 Å². The van der Waals surface area contributed by atoms with E-state index in [1.807, 2.05) is 18.9 Å². The summed E-state index contributed by atoms with van der Waals surface area (Å²) in [7, 11) is -4.86. The summed E-state index contributed by atoms with van der Waals surface area (Å²) in [5, 5.41) is 5.03. The lowest BCUT2D eigenvalue weighted by Crippen LogP contribution is -2.28. The molecule has 0 saturated carbocycles. The van der Waals surface area contributed by atoms with Crippen molar-refractivity contribution in [3.8, 4) is 0 Å². The van der Waals surface area contributed by atoms with Gasteiger partial charge in [-0.25, -0.2) is 22.0 Å². The van der Waals surface area contributed by atoms with Gasteiger partial charge in [-0.2, -0.15) is 0 Å². The Hall–Kier alpha value is -0.960. The average Bonchev–Trinajstić information content (AvgIpc) is 2.33. The number of nitrogens with two attached hydrogens (primary N) is 1. The Bertz CT molecular complexity index is 651. The molecule has 1 aromatic rings. The lowest BCUT2D eigenvalue weighted by Gasteiger charge is -2.24. The number of hydrogen-bond donors (Lipinski definition) is 1. The molecule has 0 spiro atoms. The molecular formula is C12H20N2O4S2. The summed E-state index contributed by atoms with van der Waals surface area (Å²) in [5.74, 6) is 0.0864. The summed E-state index contributed by atoms with van der Waals surface area (Å²) in [4.78, 5) is 1.96. The highest BCUT2D eigenvalue weighted by molar-refractivity contribution is 7.90. The van der Waals surface area contributed by atoms with Crippen LogP contribution < -0.4 is 5.14 Å². The first-order valence-corrected chi connectivity index (χ1v) is 9.62. The van der Waals surface area contributed by atoms with Gasteiger partial charge in [0.15, 0.2) is 0 Å². The largest absolute Gasteiger partial charge is 0.299 e. The second-order valence-electron chi connectivity index (χ2n) is 4.90. The SMILES string of the molecule is CC(c1ccc(S(N)(=O)=O)cc1)N(C)CCS(C)(=O)=O. The number of rotatable bonds is 6. The van der Waals surface area contributed by atoms with E-state index in [0.29, 0.717) is 6.54 Å². The van der Waals surface area contributed by atoms with Crippen LogP contribution in [0, 0.1) is 0 Å². The smallest absolute Gasteiger partial charge is 0.238 e. The van der Waals surface area contributed by atoms with Crippen molar-refractivity contribution in [1.29, 1.82) is 0 Å². The van der Waals surface area contributed by atoms with Crippen LogP contribution in [-0.4, -0.2) is 47.3 Å². The first-order valence-electron chi connectivity index (χ1n) is 6.01. The maximum absolute atomic E-state index is 11.2. The van der Waals surface area contributed by atoms with Crippen LogP contribution in [0.5, 0.6) is 0 Å². The third-order valence-electron chi connectivity index (χ3n) is 3.17. The predicted molar refractivity (Wildman–Crippen MR) is 78.6 cm³/mol. The number of hydrogen-bond acceptors (Lipinski definition) is 5. The molecule has 0 aliphatic rings. The zero-order chi connectivity index (χ0) is 15.6. The molecule has 0 fully saturated rings. The van der Waals surface area contributed by atoms with E-state index in [0.717, 1.165) is 5.56 Å². The van der Waals surface area contributed by atoms with Crippen molar-refractivity contribution >= 4 is 19.9 Å². The number of nitrogens with zero attached hydrogens (tertiary/aromatic N) is 1. The average molecular weight is 320 g/mol. The number of primary sulfonamides is 1. The lowest BCUT2D eigenvalue weighted by molar-refractivity contribution is 0.276. The van der Waals surface area contributed by atoms with Crippen LogP contribution >= 0.6 is 0 Å². The third kappa shape index (κ3) is 5.20. The minimum atomic E-state index is -3.69. The van der Waals surface area contributed by atoms with Gasteiger partial charge in [0.1, 0.15) is 9.84 Å². The third-order valence-corrected chi connectivity index (χ3v) is 5.02. The molecule has 0 aliphatic carbocycles. The predicted octanol–water partition coefficient (Wildman–Crippen LogP) is 0.371. The highest BCUT2D eigenvalue weighted by Gasteiger charge is 2.15. The van der Waals surface area contributed by atoms with Crippen LogP contribution in [0.3, 0.4) is 0 Å². The van der Waals surface area contributed by atoms with E-state index in [9.17, 15) is 16.8 Å². The Labute approximate surface area is 120 Å². The first kappa shape index (κ1) is 17.1. The van der Waals surface area contributed by atoms with Gasteiger partial charge in [0, 0.05) is 18.8 Å². The molecule has 114 valence electrons. The Kier molecular flexibility index (Phi) is 5.31. The van der Waals surface area contributed by atoms with Gasteiger partial charge in [-0.1, -0.05) is 12.1 Å². The number of benzene rings is 1. The van der Waals surface area contributed by atoms with Crippen molar-refractivity contribution < 1.29 is 16.8 Å². The van der Waals surface area contributed by atoms with Crippen LogP contribution in [0.4, 0.5) is 0 Å². The molecule has 1 unspecified atom stereocenters. The van der Waals surface area contributed by atoms with E-state index < -0.39 is 19.9 Å². The highest BCUT2D eigenvalue weighted by Crippen LogP contribution is 2.20. The molecule has 1 aromatic carbocycles. The molecule has 0 heterocycles. The summed E-state index contributed by atoms with van der Waals surface area (Å²) in [6, 6.07) is 6.24. The standard InChI is InChI=1S/C12H20N2O4S2/c1-10(14(2)8-9-19(3,15)16)11-4-6-12(7-5-11)20(13,17)18/h4-7,10H,8-9H2,1-3H3,(H2,13,17,18). The van der Waals surface area contributed by atoms with E-state index in [4.69, 9.17) is 5.14 Å². The van der Waals surface area contributed by atoms with Crippen molar-refractivity contribution in [2.24, 2.45) is 5.14 Å². The molecule has 20 heavy (non-hydrogen) atoms. The first-order chi connectivity index (χ1) is 9.00. The van der Waals surface area contributed by atoms with Crippen molar-refractivity contribution in [1.82, 2.24) is 4.90 Å². The maximum atomic E-state index is 11.2. The van der Waals surface area contributed by atoms with Crippen LogP contribution in [0.25, 0.3) is 0 Å². The molecule has 1 atom stereocenters. The molecule has 0 saturated heterocycles. The molecule has 8 heteroatoms. The zero-order valence-corrected chi connectivity index (χ0v) is 13.4. The molecule has 0 aliphatic heterocycles. The van der Waals surface area contributed by atoms with E-state index in [2.05, 4.69) is 0 Å². The van der Waals surface area contributed by atoms with Gasteiger partial charge in [0.2, 0.25) is 10.0 Å². The molecule has 0 radical (unpaired) electrons. The van der Waals surface area contributed by atoms with Crippen molar-refractivity contribution in [3.63, 3.8) is 0 Å². The number of sulfonamides is 1. The van der Waals surface area contributed by atoms with Crippen molar-refractivity contribution in [2.45, 2.75) is 17.9 Å². The maximum Gasteiger partial charge on any atom is 0.238 e. The fourth-order valence-corrected chi connectivity index (χ4v) is 2.83. The molecule has 2 N–H and O–H groups in total. The Balaban J connectivity index is 2.79. The summed E-state index contributed by atoms with van der Waals surface area (Å²) in [6.45, 7) is 2.34. The fraction of sp³-hybridized carbons (Fsp3) is 0.500. The molecule has 0 bridgehead atoms. The second-order valence-corrected chi connectivity index (χ2v) is 8.72. The highest BCUT2D eigenvalue weighted by atomic mass is 32.2. The summed E-state index contributed by atoms with van der Waals surface area (Å²) >= 11 is 0. The van der Waals surface area contributed by atoms with Crippen molar-refractivity contribution in [3.05, 3.63) is 29.8 Å². The Morgan fingerprint density at radius 1 is 1.15 bits per heavy atom. The van der Waals surface area contributed by atoms with E-state index >= 15 is 0 Å². The number of sulfone groups is 1. The summed E-state index contributed by atoms with van der Waals surface area (Å²) < 4.78 is 44.6. The van der Waals surface area contributed by atoms with Gasteiger partial charge < -0.3 is 0 Å². The van der Waals surface area contributed by atoms with Crippen LogP contribution in [0.1, 0.15) is 18.5 Å². The summed E-state index contributed by atoms with van der Waals surface area (Å²) in [5.41, 5.74) is 0.897. The molecule has 0 aromatic heterocycles. The lowest BCUT2D eigenvalue weighted by atomic mass is 10.1. The monoisotopic (exact) mass is 320 g/mol. The Morgan fingerprint density at radius 2 is 1.65 bits per heavy atom. The Morgan fingerprint density at radius 3 is 2.05 bits per heavy atom. The van der Waals surface area contributed by atoms with E-state index in [1.54, 1.807) is 12.1 Å². The second kappa shape index (κ2) is 6.21. The molecule has 0 amide bonds. The van der Waals surface area contributed by atoms with Gasteiger partial charge in [-0.3, -0.25) is 4.90 Å². The van der Waals surface area contributed by atoms with Gasteiger partial charge in [0.25, 0.3) is 0 Å². The normalized spacial score (nSPS) is 14.4. The molecule has 1 rings (SSSR count). The van der Waals surface area contributed by atoms with Crippen LogP contribution in [0.15, 0.2) is 29.2 Å². The minimum Gasteiger partial charge on any atom is -0.299 e. The van der Waals surface area contributed by atoms with Gasteiger partial charge in [-0.05, 0) is 31.7 Å². The van der Waals surface area contributed by atoms with Crippen LogP contribution in [0.2, 0.25) is 0 Å². The van der Waals surface area contributed by atoms with Crippen molar-refractivity contribution in [2.75, 3.05) is 25.6 Å². The van der Waals surface area contributed by atoms with Crippen LogP contribution in [-0.2, 0) is 19.9 Å². The molecule has 6 nitrogen and oxygen atoms in total. The van der Waals surface area contributed by atoms with E-state index in [-0.39, 0.29) is 16.7 Å². The zero-order valence-electron chi connectivity index (χ0n) is 11.8. The van der Waals surface area contributed by atoms with Gasteiger partial charge >= 0.3 is 0 Å². The van der Waals surface area contributed by atoms with Gasteiger partial charge in [-0.15, -0.1) is 0 Å². The minimum absolute atomic E-state index is 0.0220. The summed E-state index contributed by atoms with van der Waals surface area (Å²) in [6.07, 6.45) is 1.20. The molecular weight excluding hydrogens is 300 g/mol. The quantitative estimate of drug-likeness (QED) is 0.817.